The second-order valence-corrected chi connectivity index (χ2v) is 5.63. The molecule has 0 aromatic heterocycles. The van der Waals surface area contributed by atoms with E-state index in [1.807, 2.05) is 14.0 Å². The molecule has 0 aromatic carbocycles. The molecule has 0 radical (unpaired) electrons. The van der Waals surface area contributed by atoms with E-state index in [9.17, 15) is 5.26 Å². The standard InChI is InChI=1S/C14H29N3O/c1-12(2)10-17(7-8-18-6)13(3)9-14(4,11-15)16-5/h12-13,16H,7-10H2,1-6H3. The van der Waals surface area contributed by atoms with Gasteiger partial charge in [0.15, 0.2) is 0 Å². The first kappa shape index (κ1) is 17.4. The number of nitrogens with one attached hydrogen (secondary N) is 1. The summed E-state index contributed by atoms with van der Waals surface area (Å²) in [4.78, 5) is 2.40. The van der Waals surface area contributed by atoms with Crippen molar-refractivity contribution < 1.29 is 4.74 Å². The predicted molar refractivity (Wildman–Crippen MR) is 75.4 cm³/mol. The van der Waals surface area contributed by atoms with Gasteiger partial charge in [0.2, 0.25) is 0 Å². The van der Waals surface area contributed by atoms with Crippen LogP contribution in [0.2, 0.25) is 0 Å². The van der Waals surface area contributed by atoms with E-state index in [0.717, 1.165) is 26.1 Å². The monoisotopic (exact) mass is 255 g/mol. The normalized spacial score (nSPS) is 16.6. The maximum absolute atomic E-state index is 9.22. The molecule has 0 aliphatic carbocycles. The summed E-state index contributed by atoms with van der Waals surface area (Å²) in [6, 6.07) is 2.72. The topological polar surface area (TPSA) is 48.3 Å². The highest BCUT2D eigenvalue weighted by molar-refractivity contribution is 5.04. The number of hydrogen-bond donors (Lipinski definition) is 1. The number of rotatable bonds is 9. The van der Waals surface area contributed by atoms with Crippen molar-refractivity contribution in [3.8, 4) is 6.07 Å². The van der Waals surface area contributed by atoms with Crippen LogP contribution in [-0.2, 0) is 4.74 Å². The van der Waals surface area contributed by atoms with Crippen LogP contribution in [0.15, 0.2) is 0 Å². The van der Waals surface area contributed by atoms with Crippen molar-refractivity contribution in [2.45, 2.75) is 45.7 Å². The van der Waals surface area contributed by atoms with Gasteiger partial charge in [-0.05, 0) is 33.2 Å². The lowest BCUT2D eigenvalue weighted by Gasteiger charge is -2.34. The van der Waals surface area contributed by atoms with E-state index in [1.54, 1.807) is 7.11 Å². The van der Waals surface area contributed by atoms with Crippen LogP contribution in [0.4, 0.5) is 0 Å². The third-order valence-corrected chi connectivity index (χ3v) is 3.31. The Bertz CT molecular complexity index is 262. The number of methoxy groups -OCH3 is 1. The first-order chi connectivity index (χ1) is 8.38. The van der Waals surface area contributed by atoms with Gasteiger partial charge in [0, 0.05) is 26.2 Å². The SMILES string of the molecule is CNC(C)(C#N)CC(C)N(CCOC)CC(C)C. The Labute approximate surface area is 112 Å². The van der Waals surface area contributed by atoms with Gasteiger partial charge in [0.25, 0.3) is 0 Å². The third-order valence-electron chi connectivity index (χ3n) is 3.31. The van der Waals surface area contributed by atoms with Crippen LogP contribution < -0.4 is 5.32 Å². The molecule has 106 valence electrons. The van der Waals surface area contributed by atoms with E-state index in [1.165, 1.54) is 0 Å². The Hall–Kier alpha value is -0.630. The summed E-state index contributed by atoms with van der Waals surface area (Å²) in [6.45, 7) is 11.3. The van der Waals surface area contributed by atoms with Gasteiger partial charge in [0.05, 0.1) is 12.7 Å². The zero-order chi connectivity index (χ0) is 14.2. The maximum atomic E-state index is 9.22. The lowest BCUT2D eigenvalue weighted by atomic mass is 9.94. The molecule has 0 saturated heterocycles. The minimum Gasteiger partial charge on any atom is -0.383 e. The molecule has 2 unspecified atom stereocenters. The van der Waals surface area contributed by atoms with Crippen LogP contribution in [0, 0.1) is 17.2 Å². The molecule has 0 aliphatic heterocycles. The molecular formula is C14H29N3O. The first-order valence-electron chi connectivity index (χ1n) is 6.71. The first-order valence-corrected chi connectivity index (χ1v) is 6.71. The molecule has 0 fully saturated rings. The predicted octanol–water partition coefficient (Wildman–Crippen LogP) is 1.87. The van der Waals surface area contributed by atoms with Gasteiger partial charge in [-0.25, -0.2) is 0 Å². The average Bonchev–Trinajstić information content (AvgIpc) is 2.33. The molecule has 2 atom stereocenters. The summed E-state index contributed by atoms with van der Waals surface area (Å²) < 4.78 is 5.16. The number of nitriles is 1. The summed E-state index contributed by atoms with van der Waals surface area (Å²) >= 11 is 0. The lowest BCUT2D eigenvalue weighted by Crippen LogP contribution is -2.47. The molecular weight excluding hydrogens is 226 g/mol. The molecule has 4 nitrogen and oxygen atoms in total. The van der Waals surface area contributed by atoms with Crippen molar-refractivity contribution in [2.75, 3.05) is 33.9 Å². The van der Waals surface area contributed by atoms with Crippen LogP contribution in [0.25, 0.3) is 0 Å². The molecule has 0 spiro atoms. The summed E-state index contributed by atoms with van der Waals surface area (Å²) in [5.41, 5.74) is -0.457. The maximum Gasteiger partial charge on any atom is 0.105 e. The van der Waals surface area contributed by atoms with Crippen molar-refractivity contribution in [2.24, 2.45) is 5.92 Å². The fraction of sp³-hybridized carbons (Fsp3) is 0.929. The molecule has 1 N–H and O–H groups in total. The fourth-order valence-electron chi connectivity index (χ4n) is 2.09. The van der Waals surface area contributed by atoms with E-state index in [-0.39, 0.29) is 0 Å². The molecule has 4 heteroatoms. The van der Waals surface area contributed by atoms with Gasteiger partial charge in [0.1, 0.15) is 5.54 Å². The molecule has 0 amide bonds. The van der Waals surface area contributed by atoms with Crippen LogP contribution >= 0.6 is 0 Å². The smallest absolute Gasteiger partial charge is 0.105 e. The van der Waals surface area contributed by atoms with Crippen molar-refractivity contribution in [3.05, 3.63) is 0 Å². The summed E-state index contributed by atoms with van der Waals surface area (Å²) in [7, 11) is 3.57. The van der Waals surface area contributed by atoms with Crippen LogP contribution in [0.1, 0.15) is 34.1 Å². The largest absolute Gasteiger partial charge is 0.383 e. The van der Waals surface area contributed by atoms with Crippen molar-refractivity contribution in [3.63, 3.8) is 0 Å². The Kier molecular flexibility index (Phi) is 8.17. The minimum absolute atomic E-state index is 0.361. The molecule has 0 rings (SSSR count). The van der Waals surface area contributed by atoms with Crippen molar-refractivity contribution in [1.82, 2.24) is 10.2 Å². The average molecular weight is 255 g/mol. The van der Waals surface area contributed by atoms with Gasteiger partial charge in [-0.2, -0.15) is 5.26 Å². The minimum atomic E-state index is -0.457. The number of nitrogens with zero attached hydrogens (tertiary/aromatic N) is 2. The molecule has 0 aromatic rings. The zero-order valence-corrected chi connectivity index (χ0v) is 12.8. The van der Waals surface area contributed by atoms with E-state index in [4.69, 9.17) is 4.74 Å². The molecule has 0 aliphatic rings. The highest BCUT2D eigenvalue weighted by Gasteiger charge is 2.27. The second-order valence-electron chi connectivity index (χ2n) is 5.63. The molecule has 0 saturated carbocycles. The summed E-state index contributed by atoms with van der Waals surface area (Å²) in [5, 5.41) is 12.3. The third kappa shape index (κ3) is 6.34. The summed E-state index contributed by atoms with van der Waals surface area (Å²) in [6.07, 6.45) is 0.816. The van der Waals surface area contributed by atoms with Gasteiger partial charge >= 0.3 is 0 Å². The van der Waals surface area contributed by atoms with Gasteiger partial charge in [-0.1, -0.05) is 13.8 Å². The van der Waals surface area contributed by atoms with Crippen LogP contribution in [0.5, 0.6) is 0 Å². The Morgan fingerprint density at radius 3 is 2.39 bits per heavy atom. The van der Waals surface area contributed by atoms with Crippen LogP contribution in [0.3, 0.4) is 0 Å². The van der Waals surface area contributed by atoms with Gasteiger partial charge in [-0.15, -0.1) is 0 Å². The van der Waals surface area contributed by atoms with Gasteiger partial charge < -0.3 is 10.1 Å². The zero-order valence-electron chi connectivity index (χ0n) is 12.8. The molecule has 0 heterocycles. The van der Waals surface area contributed by atoms with E-state index in [0.29, 0.717) is 12.0 Å². The lowest BCUT2D eigenvalue weighted by molar-refractivity contribution is 0.104. The highest BCUT2D eigenvalue weighted by Crippen LogP contribution is 2.16. The number of hydrogen-bond acceptors (Lipinski definition) is 4. The summed E-state index contributed by atoms with van der Waals surface area (Å²) in [5.74, 6) is 0.618. The Morgan fingerprint density at radius 1 is 1.39 bits per heavy atom. The molecule has 0 bridgehead atoms. The van der Waals surface area contributed by atoms with E-state index in [2.05, 4.69) is 37.1 Å². The van der Waals surface area contributed by atoms with E-state index >= 15 is 0 Å². The van der Waals surface area contributed by atoms with Crippen molar-refractivity contribution in [1.29, 1.82) is 5.26 Å². The highest BCUT2D eigenvalue weighted by atomic mass is 16.5. The quantitative estimate of drug-likeness (QED) is 0.683. The second kappa shape index (κ2) is 8.47. The van der Waals surface area contributed by atoms with Gasteiger partial charge in [-0.3, -0.25) is 4.90 Å². The Balaban J connectivity index is 4.54. The molecule has 18 heavy (non-hydrogen) atoms. The van der Waals surface area contributed by atoms with Crippen molar-refractivity contribution >= 4 is 0 Å². The Morgan fingerprint density at radius 2 is 2.00 bits per heavy atom. The van der Waals surface area contributed by atoms with E-state index < -0.39 is 5.54 Å². The fourth-order valence-corrected chi connectivity index (χ4v) is 2.09. The number of ether oxygens (including phenoxy) is 1. The van der Waals surface area contributed by atoms with Crippen LogP contribution in [-0.4, -0.2) is 50.3 Å².